The van der Waals surface area contributed by atoms with E-state index >= 15 is 0 Å². The van der Waals surface area contributed by atoms with Gasteiger partial charge in [0.15, 0.2) is 0 Å². The van der Waals surface area contributed by atoms with Crippen LogP contribution in [-0.4, -0.2) is 69.3 Å². The van der Waals surface area contributed by atoms with Crippen LogP contribution in [0.1, 0.15) is 24.6 Å². The quantitative estimate of drug-likeness (QED) is 0.508. The minimum Gasteiger partial charge on any atom is -0.465 e. The van der Waals surface area contributed by atoms with E-state index < -0.39 is 30.2 Å². The SMILES string of the molecule is Cc1ncsc1-c1ccc(CCNC(=O)[C@@H]2C[C@@H](O)CN2C(=O)[C@H](C)NC(=O)O)cc1. The highest BCUT2D eigenvalue weighted by Crippen LogP contribution is 2.27. The molecule has 1 aromatic carbocycles. The highest BCUT2D eigenvalue weighted by atomic mass is 32.1. The summed E-state index contributed by atoms with van der Waals surface area (Å²) in [5.74, 6) is -0.891. The first-order chi connectivity index (χ1) is 14.8. The van der Waals surface area contributed by atoms with Crippen molar-refractivity contribution in [2.24, 2.45) is 0 Å². The van der Waals surface area contributed by atoms with Crippen molar-refractivity contribution in [3.8, 4) is 10.4 Å². The number of β-amino-alcohol motifs (C(OH)–C–C–N with tert-alkyl or cyclic N) is 1. The summed E-state index contributed by atoms with van der Waals surface area (Å²) in [7, 11) is 0. The van der Waals surface area contributed by atoms with Gasteiger partial charge in [0.25, 0.3) is 0 Å². The Morgan fingerprint density at radius 2 is 2.00 bits per heavy atom. The molecule has 1 aromatic heterocycles. The Bertz CT molecular complexity index is 946. The molecule has 1 saturated heterocycles. The predicted molar refractivity (Wildman–Crippen MR) is 116 cm³/mol. The van der Waals surface area contributed by atoms with Crippen LogP contribution in [0.25, 0.3) is 10.4 Å². The molecule has 0 unspecified atom stereocenters. The molecule has 31 heavy (non-hydrogen) atoms. The van der Waals surface area contributed by atoms with Gasteiger partial charge in [-0.2, -0.15) is 0 Å². The zero-order valence-corrected chi connectivity index (χ0v) is 18.2. The van der Waals surface area contributed by atoms with Gasteiger partial charge in [0.1, 0.15) is 12.1 Å². The molecule has 0 saturated carbocycles. The lowest BCUT2D eigenvalue weighted by atomic mass is 10.1. The number of hydrogen-bond acceptors (Lipinski definition) is 6. The molecule has 2 heterocycles. The lowest BCUT2D eigenvalue weighted by Gasteiger charge is -2.26. The molecule has 9 nitrogen and oxygen atoms in total. The average molecular weight is 447 g/mol. The summed E-state index contributed by atoms with van der Waals surface area (Å²) in [6.07, 6.45) is -1.40. The third kappa shape index (κ3) is 5.59. The number of benzene rings is 1. The third-order valence-electron chi connectivity index (χ3n) is 5.25. The van der Waals surface area contributed by atoms with Crippen LogP contribution in [0.15, 0.2) is 29.8 Å². The number of aryl methyl sites for hydroxylation is 1. The zero-order chi connectivity index (χ0) is 22.5. The Labute approximate surface area is 184 Å². The highest BCUT2D eigenvalue weighted by Gasteiger charge is 2.40. The van der Waals surface area contributed by atoms with Gasteiger partial charge in [-0.15, -0.1) is 11.3 Å². The Morgan fingerprint density at radius 1 is 1.29 bits per heavy atom. The van der Waals surface area contributed by atoms with E-state index in [9.17, 15) is 19.5 Å². The monoisotopic (exact) mass is 446 g/mol. The first-order valence-electron chi connectivity index (χ1n) is 10.0. The maximum Gasteiger partial charge on any atom is 0.405 e. The van der Waals surface area contributed by atoms with Gasteiger partial charge in [-0.05, 0) is 31.4 Å². The highest BCUT2D eigenvalue weighted by molar-refractivity contribution is 7.13. The summed E-state index contributed by atoms with van der Waals surface area (Å²) >= 11 is 1.59. The van der Waals surface area contributed by atoms with Crippen LogP contribution in [0.3, 0.4) is 0 Å². The van der Waals surface area contributed by atoms with Gasteiger partial charge in [-0.3, -0.25) is 9.59 Å². The molecular formula is C21H26N4O5S. The van der Waals surface area contributed by atoms with E-state index in [1.165, 1.54) is 11.8 Å². The number of hydrogen-bond donors (Lipinski definition) is 4. The van der Waals surface area contributed by atoms with Crippen LogP contribution < -0.4 is 10.6 Å². The van der Waals surface area contributed by atoms with Gasteiger partial charge in [0, 0.05) is 19.5 Å². The van der Waals surface area contributed by atoms with Crippen molar-refractivity contribution < 1.29 is 24.6 Å². The smallest absolute Gasteiger partial charge is 0.405 e. The molecule has 1 fully saturated rings. The zero-order valence-electron chi connectivity index (χ0n) is 17.4. The van der Waals surface area contributed by atoms with Crippen molar-refractivity contribution in [1.82, 2.24) is 20.5 Å². The van der Waals surface area contributed by atoms with Crippen molar-refractivity contribution in [2.75, 3.05) is 13.1 Å². The van der Waals surface area contributed by atoms with Gasteiger partial charge in [0.2, 0.25) is 11.8 Å². The number of rotatable bonds is 7. The molecule has 10 heteroatoms. The lowest BCUT2D eigenvalue weighted by molar-refractivity contribution is -0.139. The summed E-state index contributed by atoms with van der Waals surface area (Å²) in [6.45, 7) is 3.77. The standard InChI is InChI=1S/C21H26N4O5S/c1-12-18(31-11-23-12)15-5-3-14(4-6-15)7-8-22-19(27)17-9-16(26)10-25(17)20(28)13(2)24-21(29)30/h3-6,11,13,16-17,24,26H,7-10H2,1-2H3,(H,22,27)(H,29,30)/t13-,16+,17-/m0/s1. The summed E-state index contributed by atoms with van der Waals surface area (Å²) in [5, 5.41) is 23.6. The van der Waals surface area contributed by atoms with Crippen LogP contribution in [0.2, 0.25) is 0 Å². The molecule has 0 aliphatic carbocycles. The van der Waals surface area contributed by atoms with Crippen LogP contribution in [-0.2, 0) is 16.0 Å². The van der Waals surface area contributed by atoms with Crippen LogP contribution in [0, 0.1) is 6.92 Å². The molecule has 1 aliphatic heterocycles. The van der Waals surface area contributed by atoms with Crippen LogP contribution in [0.5, 0.6) is 0 Å². The van der Waals surface area contributed by atoms with Crippen LogP contribution in [0.4, 0.5) is 4.79 Å². The second-order valence-corrected chi connectivity index (χ2v) is 8.43. The molecule has 4 N–H and O–H groups in total. The second kappa shape index (κ2) is 9.88. The van der Waals surface area contributed by atoms with E-state index in [4.69, 9.17) is 5.11 Å². The van der Waals surface area contributed by atoms with Gasteiger partial charge in [0.05, 0.1) is 22.2 Å². The Morgan fingerprint density at radius 3 is 2.61 bits per heavy atom. The average Bonchev–Trinajstić information content (AvgIpc) is 3.33. The lowest BCUT2D eigenvalue weighted by Crippen LogP contribution is -2.52. The minimum absolute atomic E-state index is 0.00101. The normalized spacial score (nSPS) is 19.1. The van der Waals surface area contributed by atoms with Crippen molar-refractivity contribution in [3.05, 3.63) is 41.0 Å². The molecule has 0 radical (unpaired) electrons. The van der Waals surface area contributed by atoms with Crippen molar-refractivity contribution >= 4 is 29.2 Å². The number of nitrogens with zero attached hydrogens (tertiary/aromatic N) is 2. The first-order valence-corrected chi connectivity index (χ1v) is 10.9. The van der Waals surface area contributed by atoms with Crippen molar-refractivity contribution in [2.45, 2.75) is 44.9 Å². The summed E-state index contributed by atoms with van der Waals surface area (Å²) in [5.41, 5.74) is 4.98. The molecule has 166 valence electrons. The van der Waals surface area contributed by atoms with Gasteiger partial charge < -0.3 is 25.7 Å². The second-order valence-electron chi connectivity index (χ2n) is 7.57. The summed E-state index contributed by atoms with van der Waals surface area (Å²) < 4.78 is 0. The van der Waals surface area contributed by atoms with E-state index in [1.54, 1.807) is 11.3 Å². The number of aliphatic hydroxyl groups excluding tert-OH is 1. The van der Waals surface area contributed by atoms with Gasteiger partial charge in [-0.1, -0.05) is 24.3 Å². The Kier molecular flexibility index (Phi) is 7.24. The molecule has 1 aliphatic rings. The molecule has 3 atom stereocenters. The maximum absolute atomic E-state index is 12.6. The topological polar surface area (TPSA) is 132 Å². The number of aromatic nitrogens is 1. The predicted octanol–water partition coefficient (Wildman–Crippen LogP) is 1.40. The molecule has 2 aromatic rings. The molecular weight excluding hydrogens is 420 g/mol. The largest absolute Gasteiger partial charge is 0.465 e. The maximum atomic E-state index is 12.6. The Hall–Kier alpha value is -2.98. The third-order valence-corrected chi connectivity index (χ3v) is 6.23. The number of carbonyl (C=O) groups is 3. The summed E-state index contributed by atoms with van der Waals surface area (Å²) in [6, 6.07) is 6.25. The van der Waals surface area contributed by atoms with E-state index in [-0.39, 0.29) is 18.9 Å². The van der Waals surface area contributed by atoms with Crippen LogP contribution >= 0.6 is 11.3 Å². The van der Waals surface area contributed by atoms with E-state index in [0.29, 0.717) is 13.0 Å². The molecule has 3 rings (SSSR count). The number of aliphatic hydroxyl groups is 1. The molecule has 0 spiro atoms. The van der Waals surface area contributed by atoms with Crippen molar-refractivity contribution in [3.63, 3.8) is 0 Å². The Balaban J connectivity index is 1.54. The first kappa shape index (κ1) is 22.7. The van der Waals surface area contributed by atoms with Crippen molar-refractivity contribution in [1.29, 1.82) is 0 Å². The fourth-order valence-corrected chi connectivity index (χ4v) is 4.46. The number of likely N-dealkylation sites (tertiary alicyclic amines) is 1. The number of amides is 3. The number of nitrogens with one attached hydrogen (secondary N) is 2. The minimum atomic E-state index is -1.32. The molecule has 3 amide bonds. The number of thiazole rings is 1. The molecule has 0 bridgehead atoms. The van der Waals surface area contributed by atoms with Gasteiger partial charge in [-0.25, -0.2) is 9.78 Å². The fraction of sp³-hybridized carbons (Fsp3) is 0.429. The number of carboxylic acid groups (broad SMARTS) is 1. The summed E-state index contributed by atoms with van der Waals surface area (Å²) in [4.78, 5) is 42.5. The van der Waals surface area contributed by atoms with E-state index in [1.807, 2.05) is 36.7 Å². The van der Waals surface area contributed by atoms with E-state index in [0.717, 1.165) is 21.7 Å². The number of carbonyl (C=O) groups excluding carboxylic acids is 2. The van der Waals surface area contributed by atoms with E-state index in [2.05, 4.69) is 15.6 Å². The fourth-order valence-electron chi connectivity index (χ4n) is 3.65. The van der Waals surface area contributed by atoms with Gasteiger partial charge >= 0.3 is 6.09 Å².